The third-order valence-corrected chi connectivity index (χ3v) is 7.68. The third-order valence-electron chi connectivity index (χ3n) is 6.18. The Morgan fingerprint density at radius 1 is 1.16 bits per heavy atom. The van der Waals surface area contributed by atoms with Gasteiger partial charge in [0.2, 0.25) is 0 Å². The van der Waals surface area contributed by atoms with E-state index >= 15 is 0 Å². The molecule has 4 atom stereocenters. The molecular formula is C24H31ClN6O5S. The van der Waals surface area contributed by atoms with Gasteiger partial charge in [0.05, 0.1) is 36.2 Å². The zero-order valence-corrected chi connectivity index (χ0v) is 23.2. The van der Waals surface area contributed by atoms with Crippen LogP contribution >= 0.6 is 11.6 Å². The van der Waals surface area contributed by atoms with E-state index < -0.39 is 22.7 Å². The van der Waals surface area contributed by atoms with Gasteiger partial charge >= 0.3 is 0 Å². The second-order valence-electron chi connectivity index (χ2n) is 9.15. The summed E-state index contributed by atoms with van der Waals surface area (Å²) in [5, 5.41) is 8.63. The highest BCUT2D eigenvalue weighted by Crippen LogP contribution is 2.42. The van der Waals surface area contributed by atoms with Gasteiger partial charge in [-0.1, -0.05) is 17.7 Å². The number of nitrogens with zero attached hydrogens (tertiary/aromatic N) is 5. The van der Waals surface area contributed by atoms with Gasteiger partial charge in [-0.3, -0.25) is 4.57 Å². The summed E-state index contributed by atoms with van der Waals surface area (Å²) in [5.74, 6) is 2.21. The average molecular weight is 551 g/mol. The van der Waals surface area contributed by atoms with Gasteiger partial charge in [0.25, 0.3) is 5.95 Å². The lowest BCUT2D eigenvalue weighted by Crippen LogP contribution is -2.33. The molecule has 4 rings (SSSR count). The number of rotatable bonds is 10. The number of benzene rings is 1. The van der Waals surface area contributed by atoms with Crippen molar-refractivity contribution >= 4 is 28.9 Å². The van der Waals surface area contributed by atoms with Crippen LogP contribution in [-0.2, 0) is 20.8 Å². The van der Waals surface area contributed by atoms with Crippen LogP contribution < -0.4 is 14.2 Å². The molecule has 3 aromatic rings. The SMILES string of the molecule is COc1cccc(OC)c1-n1c(N[S+]([O-])C(C)C(OC)c2ncc(Cl)cn2)nnc1C1CCC(C)(C)O1. The van der Waals surface area contributed by atoms with Gasteiger partial charge in [0, 0.05) is 19.5 Å². The van der Waals surface area contributed by atoms with E-state index in [4.69, 9.17) is 30.5 Å². The molecule has 0 radical (unpaired) electrons. The Balaban J connectivity index is 1.73. The van der Waals surface area contributed by atoms with Gasteiger partial charge in [-0.25, -0.2) is 9.97 Å². The molecule has 2 aromatic heterocycles. The molecule has 11 nitrogen and oxygen atoms in total. The smallest absolute Gasteiger partial charge is 0.271 e. The Kier molecular flexibility index (Phi) is 8.44. The summed E-state index contributed by atoms with van der Waals surface area (Å²) in [7, 11) is 4.65. The summed E-state index contributed by atoms with van der Waals surface area (Å²) in [6.07, 6.45) is 3.56. The number of aromatic nitrogens is 5. The van der Waals surface area contributed by atoms with Crippen LogP contribution in [0.2, 0.25) is 5.02 Å². The van der Waals surface area contributed by atoms with Crippen molar-refractivity contribution in [2.24, 2.45) is 0 Å². The summed E-state index contributed by atoms with van der Waals surface area (Å²) in [4.78, 5) is 8.45. The van der Waals surface area contributed by atoms with Gasteiger partial charge in [-0.2, -0.15) is 4.72 Å². The molecule has 0 aliphatic carbocycles. The van der Waals surface area contributed by atoms with E-state index in [0.29, 0.717) is 33.9 Å². The van der Waals surface area contributed by atoms with Crippen LogP contribution in [0.15, 0.2) is 30.6 Å². The molecule has 13 heteroatoms. The minimum Gasteiger partial charge on any atom is -0.593 e. The molecule has 37 heavy (non-hydrogen) atoms. The summed E-state index contributed by atoms with van der Waals surface area (Å²) in [5.41, 5.74) is 0.263. The van der Waals surface area contributed by atoms with Gasteiger partial charge in [-0.15, -0.1) is 10.2 Å². The monoisotopic (exact) mass is 550 g/mol. The first-order valence-corrected chi connectivity index (χ1v) is 13.3. The Morgan fingerprint density at radius 2 is 1.81 bits per heavy atom. The number of hydrogen-bond acceptors (Lipinski definition) is 10. The highest BCUT2D eigenvalue weighted by atomic mass is 35.5. The second-order valence-corrected chi connectivity index (χ2v) is 11.1. The lowest BCUT2D eigenvalue weighted by molar-refractivity contribution is -0.0207. The Hall–Kier alpha value is -2.64. The molecule has 0 bridgehead atoms. The van der Waals surface area contributed by atoms with Gasteiger partial charge in [0.15, 0.2) is 23.0 Å². The average Bonchev–Trinajstić information content (AvgIpc) is 3.46. The third kappa shape index (κ3) is 5.78. The molecule has 0 saturated carbocycles. The van der Waals surface area contributed by atoms with E-state index in [-0.39, 0.29) is 17.7 Å². The molecule has 1 saturated heterocycles. The van der Waals surface area contributed by atoms with Crippen LogP contribution in [0.25, 0.3) is 5.69 Å². The Labute approximate surface area is 224 Å². The van der Waals surface area contributed by atoms with E-state index in [2.05, 4.69) is 24.9 Å². The van der Waals surface area contributed by atoms with E-state index in [9.17, 15) is 4.55 Å². The maximum atomic E-state index is 13.5. The highest BCUT2D eigenvalue weighted by Gasteiger charge is 2.39. The lowest BCUT2D eigenvalue weighted by Gasteiger charge is -2.25. The molecule has 3 heterocycles. The summed E-state index contributed by atoms with van der Waals surface area (Å²) in [6, 6.07) is 5.44. The molecule has 1 aliphatic heterocycles. The van der Waals surface area contributed by atoms with E-state index in [1.54, 1.807) is 25.7 Å². The number of halogens is 1. The molecule has 1 N–H and O–H groups in total. The van der Waals surface area contributed by atoms with Crippen molar-refractivity contribution < 1.29 is 23.5 Å². The minimum atomic E-state index is -1.69. The largest absolute Gasteiger partial charge is 0.593 e. The van der Waals surface area contributed by atoms with Crippen molar-refractivity contribution in [3.05, 3.63) is 47.3 Å². The first kappa shape index (κ1) is 27.4. The number of hydrogen-bond donors (Lipinski definition) is 1. The lowest BCUT2D eigenvalue weighted by atomic mass is 10.1. The van der Waals surface area contributed by atoms with Crippen LogP contribution in [0.4, 0.5) is 5.95 Å². The fourth-order valence-corrected chi connectivity index (χ4v) is 5.33. The van der Waals surface area contributed by atoms with Crippen LogP contribution in [0.1, 0.15) is 57.5 Å². The standard InChI is InChI=1S/C24H31ClN6O5S/c1-14(20(35-6)21-26-12-15(25)13-27-21)37(32)30-23-29-28-22(18-10-11-24(2,3)36-18)31(23)19-16(33-4)8-7-9-17(19)34-5/h7-9,12-14,18,20H,10-11H2,1-6H3,(H,29,30). The first-order valence-electron chi connectivity index (χ1n) is 11.7. The van der Waals surface area contributed by atoms with Gasteiger partial charge < -0.3 is 23.5 Å². The van der Waals surface area contributed by atoms with Crippen molar-refractivity contribution in [3.63, 3.8) is 0 Å². The Morgan fingerprint density at radius 3 is 2.35 bits per heavy atom. The normalized spacial score (nSPS) is 19.3. The van der Waals surface area contributed by atoms with Crippen molar-refractivity contribution in [1.29, 1.82) is 0 Å². The fourth-order valence-electron chi connectivity index (χ4n) is 4.28. The van der Waals surface area contributed by atoms with E-state index in [1.165, 1.54) is 19.5 Å². The topological polar surface area (TPSA) is 128 Å². The van der Waals surface area contributed by atoms with Crippen LogP contribution in [0.3, 0.4) is 0 Å². The van der Waals surface area contributed by atoms with E-state index in [1.807, 2.05) is 32.0 Å². The predicted molar refractivity (Wildman–Crippen MR) is 140 cm³/mol. The fraction of sp³-hybridized carbons (Fsp3) is 0.500. The highest BCUT2D eigenvalue weighted by molar-refractivity contribution is 7.93. The quantitative estimate of drug-likeness (QED) is 0.366. The summed E-state index contributed by atoms with van der Waals surface area (Å²) >= 11 is 4.23. The van der Waals surface area contributed by atoms with Crippen LogP contribution in [-0.4, -0.2) is 61.5 Å². The Bertz CT molecular complexity index is 1190. The number of methoxy groups -OCH3 is 3. The predicted octanol–water partition coefficient (Wildman–Crippen LogP) is 4.21. The molecule has 1 aromatic carbocycles. The molecular weight excluding hydrogens is 520 g/mol. The molecule has 0 spiro atoms. The number of ether oxygens (including phenoxy) is 4. The van der Waals surface area contributed by atoms with Crippen LogP contribution in [0.5, 0.6) is 11.5 Å². The van der Waals surface area contributed by atoms with Crippen molar-refractivity contribution in [2.75, 3.05) is 26.1 Å². The van der Waals surface area contributed by atoms with Crippen molar-refractivity contribution in [3.8, 4) is 17.2 Å². The number of nitrogens with one attached hydrogen (secondary N) is 1. The number of para-hydroxylation sites is 1. The van der Waals surface area contributed by atoms with E-state index in [0.717, 1.165) is 12.8 Å². The summed E-state index contributed by atoms with van der Waals surface area (Å²) < 4.78 is 41.5. The van der Waals surface area contributed by atoms with Gasteiger partial charge in [0.1, 0.15) is 23.3 Å². The zero-order chi connectivity index (χ0) is 26.7. The van der Waals surface area contributed by atoms with Crippen LogP contribution in [0, 0.1) is 0 Å². The number of anilines is 1. The minimum absolute atomic E-state index is 0.239. The zero-order valence-electron chi connectivity index (χ0n) is 21.6. The van der Waals surface area contributed by atoms with Gasteiger partial charge in [-0.05, 0) is 45.7 Å². The maximum Gasteiger partial charge on any atom is 0.271 e. The molecule has 4 unspecified atom stereocenters. The summed E-state index contributed by atoms with van der Waals surface area (Å²) in [6.45, 7) is 5.84. The molecule has 200 valence electrons. The van der Waals surface area contributed by atoms with Crippen molar-refractivity contribution in [2.45, 2.75) is 56.7 Å². The maximum absolute atomic E-state index is 13.5. The first-order chi connectivity index (χ1) is 17.7. The van der Waals surface area contributed by atoms with Crippen molar-refractivity contribution in [1.82, 2.24) is 24.7 Å². The molecule has 1 aliphatic rings. The second kappa shape index (κ2) is 11.4. The molecule has 1 fully saturated rings. The molecule has 0 amide bonds.